The predicted molar refractivity (Wildman–Crippen MR) is 139 cm³/mol. The maximum atomic E-state index is 14.0. The maximum absolute atomic E-state index is 14.0. The number of benzene rings is 2. The van der Waals surface area contributed by atoms with E-state index in [1.54, 1.807) is 11.0 Å². The summed E-state index contributed by atoms with van der Waals surface area (Å²) in [6.45, 7) is 1.04. The number of anilines is 1. The lowest BCUT2D eigenvalue weighted by Crippen LogP contribution is -2.61. The van der Waals surface area contributed by atoms with Crippen LogP contribution in [-0.4, -0.2) is 96.4 Å². The fourth-order valence-corrected chi connectivity index (χ4v) is 11.0. The lowest BCUT2D eigenvalue weighted by Gasteiger charge is -2.40. The normalized spacial score (nSPS) is 23.7. The number of sulfonamides is 1. The average Bonchev–Trinajstić information content (AvgIpc) is 3.12. The molecule has 0 bridgehead atoms. The van der Waals surface area contributed by atoms with Gasteiger partial charge in [0.15, 0.2) is 10.1 Å². The zero-order valence-corrected chi connectivity index (χ0v) is 23.9. The van der Waals surface area contributed by atoms with Crippen LogP contribution in [0.1, 0.15) is 5.56 Å². The predicted octanol–water partition coefficient (Wildman–Crippen LogP) is 1.21. The van der Waals surface area contributed by atoms with Crippen LogP contribution in [0.5, 0.6) is 5.75 Å². The van der Waals surface area contributed by atoms with Crippen molar-refractivity contribution in [3.05, 3.63) is 52.5 Å². The van der Waals surface area contributed by atoms with E-state index >= 15 is 0 Å². The molecule has 16 heteroatoms. The molecule has 2 aliphatic rings. The topological polar surface area (TPSA) is 162 Å². The van der Waals surface area contributed by atoms with Crippen LogP contribution in [0.15, 0.2) is 51.8 Å². The summed E-state index contributed by atoms with van der Waals surface area (Å²) in [7, 11) is -12.5. The van der Waals surface area contributed by atoms with Crippen LogP contribution in [0.2, 0.25) is 0 Å². The maximum Gasteiger partial charge on any atom is 0.289 e. The molecule has 1 fully saturated rings. The van der Waals surface area contributed by atoms with Gasteiger partial charge in [-0.2, -0.15) is 16.8 Å². The SMILES string of the molecule is COc1ccc2c(c1)C(CN1CCN(C)CC1)(S(=O)(=O)O)C(S(=O)(=O)O)N2S(=O)(=O)c1ccccc1Br. The fourth-order valence-electron chi connectivity index (χ4n) is 4.85. The van der Waals surface area contributed by atoms with Crippen molar-refractivity contribution in [2.75, 3.05) is 51.2 Å². The summed E-state index contributed by atoms with van der Waals surface area (Å²) in [4.78, 5) is 3.23. The number of likely N-dealkylation sites (N-methyl/N-ethyl adjacent to an activating group) is 1. The first-order chi connectivity index (χ1) is 17.1. The van der Waals surface area contributed by atoms with Gasteiger partial charge in [-0.15, -0.1) is 0 Å². The molecular formula is C21H26BrN3O9S3. The smallest absolute Gasteiger partial charge is 0.289 e. The van der Waals surface area contributed by atoms with Gasteiger partial charge in [-0.3, -0.25) is 14.0 Å². The number of hydrogen-bond donors (Lipinski definition) is 2. The molecule has 0 radical (unpaired) electrons. The van der Waals surface area contributed by atoms with Gasteiger partial charge in [0, 0.05) is 42.8 Å². The molecule has 0 amide bonds. The van der Waals surface area contributed by atoms with Crippen molar-refractivity contribution in [3.63, 3.8) is 0 Å². The van der Waals surface area contributed by atoms with Crippen molar-refractivity contribution in [2.24, 2.45) is 0 Å². The van der Waals surface area contributed by atoms with Crippen LogP contribution in [-0.2, 0) is 35.0 Å². The first kappa shape index (κ1) is 28.2. The van der Waals surface area contributed by atoms with Crippen molar-refractivity contribution in [1.29, 1.82) is 0 Å². The fraction of sp³-hybridized carbons (Fsp3) is 0.429. The van der Waals surface area contributed by atoms with Crippen molar-refractivity contribution in [3.8, 4) is 5.75 Å². The van der Waals surface area contributed by atoms with Crippen LogP contribution in [0, 0.1) is 0 Å². The van der Waals surface area contributed by atoms with Gasteiger partial charge < -0.3 is 9.64 Å². The average molecular weight is 641 g/mol. The van der Waals surface area contributed by atoms with E-state index < -0.39 is 46.9 Å². The van der Waals surface area contributed by atoms with Gasteiger partial charge in [-0.05, 0) is 53.3 Å². The molecule has 1 saturated heterocycles. The number of methoxy groups -OCH3 is 1. The number of ether oxygens (including phenoxy) is 1. The Labute approximate surface area is 224 Å². The number of piperazine rings is 1. The summed E-state index contributed by atoms with van der Waals surface area (Å²) < 4.78 is 104. The largest absolute Gasteiger partial charge is 0.497 e. The summed E-state index contributed by atoms with van der Waals surface area (Å²) in [5.41, 5.74) is -0.655. The second kappa shape index (κ2) is 9.75. The van der Waals surface area contributed by atoms with Crippen LogP contribution in [0.3, 0.4) is 0 Å². The van der Waals surface area contributed by atoms with Gasteiger partial charge in [0.2, 0.25) is 0 Å². The Balaban J connectivity index is 2.08. The third-order valence-electron chi connectivity index (χ3n) is 6.68. The van der Waals surface area contributed by atoms with Crippen LogP contribution in [0.4, 0.5) is 5.69 Å². The molecule has 2 aromatic carbocycles. The second-order valence-electron chi connectivity index (χ2n) is 8.93. The molecule has 0 aromatic heterocycles. The van der Waals surface area contributed by atoms with Gasteiger partial charge in [0.1, 0.15) is 10.6 Å². The third kappa shape index (κ3) is 4.78. The molecule has 2 heterocycles. The third-order valence-corrected chi connectivity index (χ3v) is 12.4. The highest BCUT2D eigenvalue weighted by molar-refractivity contribution is 9.10. The zero-order valence-electron chi connectivity index (χ0n) is 19.9. The van der Waals surface area contributed by atoms with Gasteiger partial charge in [0.05, 0.1) is 12.8 Å². The number of hydrogen-bond acceptors (Lipinski definition) is 9. The van der Waals surface area contributed by atoms with Crippen molar-refractivity contribution in [1.82, 2.24) is 9.80 Å². The van der Waals surface area contributed by atoms with Gasteiger partial charge in [-0.25, -0.2) is 12.7 Å². The molecular weight excluding hydrogens is 614 g/mol. The molecule has 0 aliphatic carbocycles. The molecule has 204 valence electrons. The minimum absolute atomic E-state index is 0.0857. The quantitative estimate of drug-likeness (QED) is 0.419. The standard InChI is InChI=1S/C21H26BrN3O9S3/c1-23-9-11-24(12-10-23)14-21(37(31,32)33)16-13-15(34-2)7-8-18(16)25(20(21)36(28,29)30)35(26,27)19-6-4-3-5-17(19)22/h3-8,13,20H,9-12,14H2,1-2H3,(H,28,29,30)(H,31,32,33). The van der Waals surface area contributed by atoms with E-state index in [2.05, 4.69) is 15.9 Å². The minimum atomic E-state index is -5.48. The Bertz CT molecular complexity index is 1530. The molecule has 0 saturated carbocycles. The number of nitrogens with zero attached hydrogens (tertiary/aromatic N) is 3. The van der Waals surface area contributed by atoms with Gasteiger partial charge in [0.25, 0.3) is 30.3 Å². The highest BCUT2D eigenvalue weighted by Gasteiger charge is 2.67. The summed E-state index contributed by atoms with van der Waals surface area (Å²) in [5.74, 6) is 0.0966. The van der Waals surface area contributed by atoms with Crippen molar-refractivity contribution in [2.45, 2.75) is 15.0 Å². The van der Waals surface area contributed by atoms with E-state index in [-0.39, 0.29) is 26.4 Å². The Morgan fingerprint density at radius 2 is 1.62 bits per heavy atom. The van der Waals surface area contributed by atoms with Crippen molar-refractivity contribution >= 4 is 51.9 Å². The van der Waals surface area contributed by atoms with E-state index in [0.717, 1.165) is 0 Å². The van der Waals surface area contributed by atoms with Gasteiger partial charge >= 0.3 is 0 Å². The highest BCUT2D eigenvalue weighted by Crippen LogP contribution is 2.54. The molecule has 37 heavy (non-hydrogen) atoms. The summed E-state index contributed by atoms with van der Waals surface area (Å²) >= 11 is 3.15. The number of rotatable bonds is 7. The Kier molecular flexibility index (Phi) is 7.44. The zero-order chi connectivity index (χ0) is 27.4. The highest BCUT2D eigenvalue weighted by atomic mass is 79.9. The first-order valence-corrected chi connectivity index (χ1v) is 16.1. The van der Waals surface area contributed by atoms with Crippen molar-refractivity contribution < 1.29 is 39.1 Å². The van der Waals surface area contributed by atoms with Gasteiger partial charge in [-0.1, -0.05) is 12.1 Å². The van der Waals surface area contributed by atoms with Crippen LogP contribution in [0.25, 0.3) is 0 Å². The molecule has 12 nitrogen and oxygen atoms in total. The molecule has 2 N–H and O–H groups in total. The number of fused-ring (bicyclic) bond motifs is 1. The Morgan fingerprint density at radius 3 is 2.16 bits per heavy atom. The van der Waals surface area contributed by atoms with Crippen LogP contribution < -0.4 is 9.04 Å². The monoisotopic (exact) mass is 639 g/mol. The second-order valence-corrected chi connectivity index (χ2v) is 14.7. The summed E-state index contributed by atoms with van der Waals surface area (Å²) in [6, 6.07) is 9.27. The van der Waals surface area contributed by atoms with E-state index in [1.807, 2.05) is 11.9 Å². The van der Waals surface area contributed by atoms with Crippen LogP contribution >= 0.6 is 15.9 Å². The van der Waals surface area contributed by atoms with E-state index in [4.69, 9.17) is 4.74 Å². The molecule has 2 aromatic rings. The summed E-state index contributed by atoms with van der Waals surface area (Å²) in [6.07, 6.45) is 0. The minimum Gasteiger partial charge on any atom is -0.497 e. The van der Waals surface area contributed by atoms with E-state index in [0.29, 0.717) is 30.5 Å². The Hall–Kier alpha value is -1.79. The molecule has 0 spiro atoms. The molecule has 2 atom stereocenters. The molecule has 2 unspecified atom stereocenters. The van der Waals surface area contributed by atoms with E-state index in [9.17, 15) is 34.4 Å². The Morgan fingerprint density at radius 1 is 1.00 bits per heavy atom. The summed E-state index contributed by atoms with van der Waals surface area (Å²) in [5, 5.41) is -2.63. The van der Waals surface area contributed by atoms with E-state index in [1.165, 1.54) is 43.5 Å². The number of halogens is 1. The lowest BCUT2D eigenvalue weighted by molar-refractivity contribution is 0.138. The first-order valence-electron chi connectivity index (χ1n) is 11.0. The lowest BCUT2D eigenvalue weighted by atomic mass is 9.98. The molecule has 2 aliphatic heterocycles. The molecule has 4 rings (SSSR count).